The lowest BCUT2D eigenvalue weighted by atomic mass is 10.1. The molecule has 0 aliphatic rings. The van der Waals surface area contributed by atoms with Gasteiger partial charge >= 0.3 is 5.97 Å². The standard InChI is InChI=1S/C24H14F5NO2/c25-19-18(20(26)22(28)23(29)21(19)27)24(31)32-30-17(13-11-15-7-3-1-4-8-15)14-12-16-9-5-2-6-10-16/h1-14H/b13-11+,14-12+. The van der Waals surface area contributed by atoms with E-state index < -0.39 is 40.6 Å². The fourth-order valence-corrected chi connectivity index (χ4v) is 2.53. The van der Waals surface area contributed by atoms with Crippen LogP contribution in [-0.4, -0.2) is 11.7 Å². The minimum atomic E-state index is -2.38. The van der Waals surface area contributed by atoms with Gasteiger partial charge in [-0.05, 0) is 23.3 Å². The average Bonchev–Trinajstić information content (AvgIpc) is 2.82. The molecule has 3 aromatic carbocycles. The van der Waals surface area contributed by atoms with Crippen molar-refractivity contribution in [3.8, 4) is 0 Å². The Labute approximate surface area is 179 Å². The van der Waals surface area contributed by atoms with Gasteiger partial charge in [-0.3, -0.25) is 0 Å². The van der Waals surface area contributed by atoms with Crippen LogP contribution in [0.2, 0.25) is 0 Å². The molecule has 3 rings (SSSR count). The van der Waals surface area contributed by atoms with Gasteiger partial charge < -0.3 is 4.84 Å². The summed E-state index contributed by atoms with van der Waals surface area (Å²) in [6.45, 7) is 0. The lowest BCUT2D eigenvalue weighted by Crippen LogP contribution is -2.14. The first kappa shape index (κ1) is 22.6. The Bertz CT molecular complexity index is 1130. The molecule has 0 saturated carbocycles. The minimum Gasteiger partial charge on any atom is -0.312 e. The highest BCUT2D eigenvalue weighted by molar-refractivity contribution is 6.08. The Morgan fingerprint density at radius 1 is 0.656 bits per heavy atom. The fourth-order valence-electron chi connectivity index (χ4n) is 2.53. The molecule has 0 amide bonds. The average molecular weight is 443 g/mol. The van der Waals surface area contributed by atoms with Crippen LogP contribution in [0.25, 0.3) is 12.2 Å². The van der Waals surface area contributed by atoms with E-state index >= 15 is 0 Å². The highest BCUT2D eigenvalue weighted by atomic mass is 19.2. The maximum atomic E-state index is 13.8. The number of allylic oxidation sites excluding steroid dienone is 2. The van der Waals surface area contributed by atoms with E-state index in [0.717, 1.165) is 11.1 Å². The number of hydrogen-bond acceptors (Lipinski definition) is 3. The van der Waals surface area contributed by atoms with Crippen LogP contribution in [0.3, 0.4) is 0 Å². The van der Waals surface area contributed by atoms with E-state index in [2.05, 4.69) is 9.99 Å². The van der Waals surface area contributed by atoms with Gasteiger partial charge in [-0.15, -0.1) is 0 Å². The van der Waals surface area contributed by atoms with Crippen LogP contribution in [-0.2, 0) is 4.84 Å². The number of carbonyl (C=O) groups excluding carboxylic acids is 1. The van der Waals surface area contributed by atoms with Gasteiger partial charge in [-0.25, -0.2) is 26.7 Å². The Morgan fingerprint density at radius 2 is 1.06 bits per heavy atom. The first-order valence-corrected chi connectivity index (χ1v) is 9.15. The summed E-state index contributed by atoms with van der Waals surface area (Å²) < 4.78 is 67.5. The molecule has 0 aliphatic carbocycles. The third-order valence-corrected chi connectivity index (χ3v) is 4.14. The molecule has 0 heterocycles. The van der Waals surface area contributed by atoms with Crippen LogP contribution in [0.15, 0.2) is 78.0 Å². The first-order chi connectivity index (χ1) is 15.4. The van der Waals surface area contributed by atoms with E-state index in [4.69, 9.17) is 0 Å². The highest BCUT2D eigenvalue weighted by Crippen LogP contribution is 2.23. The Morgan fingerprint density at radius 3 is 1.50 bits per heavy atom. The summed E-state index contributed by atoms with van der Waals surface area (Å²) in [5.74, 6) is -13.3. The van der Waals surface area contributed by atoms with Crippen LogP contribution in [0.1, 0.15) is 21.5 Å². The predicted molar refractivity (Wildman–Crippen MR) is 110 cm³/mol. The number of halogens is 5. The van der Waals surface area contributed by atoms with E-state index in [1.807, 2.05) is 12.1 Å². The molecule has 0 N–H and O–H groups in total. The van der Waals surface area contributed by atoms with Gasteiger partial charge in [-0.2, -0.15) is 0 Å². The highest BCUT2D eigenvalue weighted by Gasteiger charge is 2.31. The number of benzene rings is 3. The van der Waals surface area contributed by atoms with Crippen molar-refractivity contribution in [1.82, 2.24) is 0 Å². The molecule has 0 saturated heterocycles. The fraction of sp³-hybridized carbons (Fsp3) is 0. The van der Waals surface area contributed by atoms with Gasteiger partial charge in [0.05, 0.1) is 0 Å². The second kappa shape index (κ2) is 10.3. The molecule has 32 heavy (non-hydrogen) atoms. The van der Waals surface area contributed by atoms with Gasteiger partial charge in [0.25, 0.3) is 0 Å². The second-order valence-corrected chi connectivity index (χ2v) is 6.33. The van der Waals surface area contributed by atoms with E-state index in [0.29, 0.717) is 0 Å². The van der Waals surface area contributed by atoms with Crippen molar-refractivity contribution < 1.29 is 31.6 Å². The summed E-state index contributed by atoms with van der Waals surface area (Å²) in [5, 5.41) is 3.52. The monoisotopic (exact) mass is 443 g/mol. The van der Waals surface area contributed by atoms with Crippen molar-refractivity contribution in [2.45, 2.75) is 0 Å². The molecule has 0 unspecified atom stereocenters. The predicted octanol–water partition coefficient (Wildman–Crippen LogP) is 6.32. The summed E-state index contributed by atoms with van der Waals surface area (Å²) in [5.41, 5.74) is -0.141. The summed E-state index contributed by atoms with van der Waals surface area (Å²) in [6, 6.07) is 17.9. The Kier molecular flexibility index (Phi) is 7.28. The zero-order valence-electron chi connectivity index (χ0n) is 16.2. The van der Waals surface area contributed by atoms with Crippen LogP contribution in [0.4, 0.5) is 22.0 Å². The van der Waals surface area contributed by atoms with Crippen LogP contribution in [0.5, 0.6) is 0 Å². The SMILES string of the molecule is O=C(ON=C(/C=C/c1ccccc1)/C=C/c1ccccc1)c1c(F)c(F)c(F)c(F)c1F. The summed E-state index contributed by atoms with van der Waals surface area (Å²) in [7, 11) is 0. The Hall–Kier alpha value is -4.07. The smallest absolute Gasteiger partial charge is 0.312 e. The van der Waals surface area contributed by atoms with Gasteiger partial charge in [0.1, 0.15) is 11.3 Å². The van der Waals surface area contributed by atoms with E-state index in [1.54, 1.807) is 60.7 Å². The van der Waals surface area contributed by atoms with Crippen molar-refractivity contribution in [2.75, 3.05) is 0 Å². The van der Waals surface area contributed by atoms with Crippen molar-refractivity contribution in [3.05, 3.63) is 119 Å². The minimum absolute atomic E-state index is 0.0370. The van der Waals surface area contributed by atoms with Gasteiger partial charge in [0.2, 0.25) is 5.82 Å². The third-order valence-electron chi connectivity index (χ3n) is 4.14. The lowest BCUT2D eigenvalue weighted by Gasteiger charge is -2.05. The maximum absolute atomic E-state index is 13.8. The lowest BCUT2D eigenvalue weighted by molar-refractivity contribution is 0.0502. The molecule has 0 aliphatic heterocycles. The van der Waals surface area contributed by atoms with Gasteiger partial charge in [0, 0.05) is 0 Å². The first-order valence-electron chi connectivity index (χ1n) is 9.15. The molecule has 8 heteroatoms. The van der Waals surface area contributed by atoms with E-state index in [-0.39, 0.29) is 5.71 Å². The molecule has 0 fully saturated rings. The molecular formula is C24H14F5NO2. The van der Waals surface area contributed by atoms with Crippen LogP contribution < -0.4 is 0 Å². The molecule has 3 nitrogen and oxygen atoms in total. The van der Waals surface area contributed by atoms with Gasteiger partial charge in [-0.1, -0.05) is 78.0 Å². The maximum Gasteiger partial charge on any atom is 0.371 e. The topological polar surface area (TPSA) is 38.7 Å². The molecule has 0 radical (unpaired) electrons. The second-order valence-electron chi connectivity index (χ2n) is 6.33. The summed E-state index contributed by atoms with van der Waals surface area (Å²) in [6.07, 6.45) is 6.14. The number of nitrogens with zero attached hydrogens (tertiary/aromatic N) is 1. The quantitative estimate of drug-likeness (QED) is 0.112. The molecular weight excluding hydrogens is 429 g/mol. The zero-order valence-corrected chi connectivity index (χ0v) is 16.2. The van der Waals surface area contributed by atoms with E-state index in [9.17, 15) is 26.7 Å². The molecule has 0 bridgehead atoms. The van der Waals surface area contributed by atoms with Gasteiger partial charge in [0.15, 0.2) is 23.3 Å². The van der Waals surface area contributed by atoms with Crippen molar-refractivity contribution in [3.63, 3.8) is 0 Å². The molecule has 0 spiro atoms. The van der Waals surface area contributed by atoms with Crippen molar-refractivity contribution in [2.24, 2.45) is 5.16 Å². The normalized spacial score (nSPS) is 11.2. The Balaban J connectivity index is 1.91. The number of hydrogen-bond donors (Lipinski definition) is 0. The van der Waals surface area contributed by atoms with Crippen molar-refractivity contribution >= 4 is 23.8 Å². The number of rotatable bonds is 6. The third kappa shape index (κ3) is 5.34. The molecule has 0 atom stereocenters. The molecule has 162 valence electrons. The van der Waals surface area contributed by atoms with Crippen LogP contribution >= 0.6 is 0 Å². The molecule has 0 aromatic heterocycles. The molecule has 3 aromatic rings. The number of oxime groups is 1. The van der Waals surface area contributed by atoms with Crippen LogP contribution in [0, 0.1) is 29.1 Å². The largest absolute Gasteiger partial charge is 0.371 e. The summed E-state index contributed by atoms with van der Waals surface area (Å²) in [4.78, 5) is 16.5. The van der Waals surface area contributed by atoms with E-state index in [1.165, 1.54) is 12.2 Å². The van der Waals surface area contributed by atoms with Crippen molar-refractivity contribution in [1.29, 1.82) is 0 Å². The number of carbonyl (C=O) groups is 1. The zero-order chi connectivity index (χ0) is 23.1. The summed E-state index contributed by atoms with van der Waals surface area (Å²) >= 11 is 0.